The van der Waals surface area contributed by atoms with E-state index in [4.69, 9.17) is 0 Å². The molecule has 0 heterocycles. The average Bonchev–Trinajstić information content (AvgIpc) is 2.62. The van der Waals surface area contributed by atoms with Crippen LogP contribution in [0.5, 0.6) is 0 Å². The Morgan fingerprint density at radius 1 is 0.609 bits per heavy atom. The van der Waals surface area contributed by atoms with Gasteiger partial charge in [0.05, 0.1) is 0 Å². The summed E-state index contributed by atoms with van der Waals surface area (Å²) in [4.78, 5) is 12.4. The third-order valence-electron chi connectivity index (χ3n) is 4.09. The maximum atomic E-state index is 12.4. The molecule has 0 atom stereocenters. The van der Waals surface area contributed by atoms with E-state index in [2.05, 4.69) is 42.5 Å². The Kier molecular flexibility index (Phi) is 5.00. The van der Waals surface area contributed by atoms with Crippen LogP contribution in [0.1, 0.15) is 27.0 Å². The van der Waals surface area contributed by atoms with Crippen LogP contribution in [0, 0.1) is 0 Å². The molecule has 0 saturated carbocycles. The summed E-state index contributed by atoms with van der Waals surface area (Å²) in [5.74, 6) is 0.178. The van der Waals surface area contributed by atoms with Gasteiger partial charge in [0.25, 0.3) is 0 Å². The Labute approximate surface area is 137 Å². The minimum absolute atomic E-state index is 0.178. The van der Waals surface area contributed by atoms with Crippen molar-refractivity contribution in [3.8, 4) is 0 Å². The van der Waals surface area contributed by atoms with Crippen molar-refractivity contribution < 1.29 is 4.79 Å². The summed E-state index contributed by atoms with van der Waals surface area (Å²) in [5, 5.41) is 0. The molecule has 114 valence electrons. The fraction of sp³-hybridized carbons (Fsp3) is 0.136. The molecule has 3 aromatic carbocycles. The lowest BCUT2D eigenvalue weighted by Gasteiger charge is -2.09. The van der Waals surface area contributed by atoms with Gasteiger partial charge in [-0.1, -0.05) is 84.9 Å². The normalized spacial score (nSPS) is 10.4. The van der Waals surface area contributed by atoms with E-state index in [1.165, 1.54) is 11.1 Å². The zero-order valence-corrected chi connectivity index (χ0v) is 13.1. The van der Waals surface area contributed by atoms with Gasteiger partial charge < -0.3 is 0 Å². The molecule has 1 nitrogen and oxygen atoms in total. The highest BCUT2D eigenvalue weighted by Crippen LogP contribution is 2.15. The molecule has 0 bridgehead atoms. The third kappa shape index (κ3) is 4.17. The highest BCUT2D eigenvalue weighted by molar-refractivity contribution is 5.97. The fourth-order valence-electron chi connectivity index (χ4n) is 2.80. The van der Waals surface area contributed by atoms with E-state index >= 15 is 0 Å². The fourth-order valence-corrected chi connectivity index (χ4v) is 2.80. The second-order valence-electron chi connectivity index (χ2n) is 5.72. The summed E-state index contributed by atoms with van der Waals surface area (Å²) in [6.45, 7) is 0. The summed E-state index contributed by atoms with van der Waals surface area (Å²) < 4.78 is 0. The van der Waals surface area contributed by atoms with E-state index in [1.54, 1.807) is 0 Å². The smallest absolute Gasteiger partial charge is 0.167 e. The van der Waals surface area contributed by atoms with Crippen LogP contribution in [-0.2, 0) is 19.3 Å². The van der Waals surface area contributed by atoms with Crippen LogP contribution in [0.2, 0.25) is 0 Å². The SMILES string of the molecule is O=C(Cc1ccccc1CCc1ccccc1)c1ccccc1. The third-order valence-corrected chi connectivity index (χ3v) is 4.09. The number of rotatable bonds is 6. The molecule has 0 radical (unpaired) electrons. The lowest BCUT2D eigenvalue weighted by molar-refractivity contribution is 0.0992. The molecule has 0 spiro atoms. The van der Waals surface area contributed by atoms with E-state index in [9.17, 15) is 4.79 Å². The summed E-state index contributed by atoms with van der Waals surface area (Å²) in [6.07, 6.45) is 2.43. The number of carbonyl (C=O) groups excluding carboxylic acids is 1. The zero-order valence-electron chi connectivity index (χ0n) is 13.1. The second-order valence-corrected chi connectivity index (χ2v) is 5.72. The van der Waals surface area contributed by atoms with Gasteiger partial charge in [-0.25, -0.2) is 0 Å². The van der Waals surface area contributed by atoms with Gasteiger partial charge in [-0.3, -0.25) is 4.79 Å². The molecular formula is C22H20O. The average molecular weight is 300 g/mol. The van der Waals surface area contributed by atoms with E-state index in [0.29, 0.717) is 6.42 Å². The first-order chi connectivity index (χ1) is 11.3. The predicted molar refractivity (Wildman–Crippen MR) is 94.8 cm³/mol. The topological polar surface area (TPSA) is 17.1 Å². The lowest BCUT2D eigenvalue weighted by atomic mass is 9.95. The molecule has 3 aromatic rings. The molecule has 0 fully saturated rings. The standard InChI is InChI=1S/C22H20O/c23-22(20-12-5-2-6-13-20)17-21-14-8-7-11-19(21)16-15-18-9-3-1-4-10-18/h1-14H,15-17H2. The van der Waals surface area contributed by atoms with Crippen molar-refractivity contribution >= 4 is 5.78 Å². The molecule has 0 aliphatic rings. The van der Waals surface area contributed by atoms with Crippen LogP contribution < -0.4 is 0 Å². The van der Waals surface area contributed by atoms with E-state index < -0.39 is 0 Å². The quantitative estimate of drug-likeness (QED) is 0.592. The highest BCUT2D eigenvalue weighted by atomic mass is 16.1. The van der Waals surface area contributed by atoms with Gasteiger partial charge in [0.15, 0.2) is 5.78 Å². The van der Waals surface area contributed by atoms with Crippen LogP contribution >= 0.6 is 0 Å². The first-order valence-electron chi connectivity index (χ1n) is 8.02. The molecular weight excluding hydrogens is 280 g/mol. The van der Waals surface area contributed by atoms with Crippen LogP contribution in [0.4, 0.5) is 0 Å². The van der Waals surface area contributed by atoms with Gasteiger partial charge in [0, 0.05) is 12.0 Å². The minimum Gasteiger partial charge on any atom is -0.294 e. The number of benzene rings is 3. The van der Waals surface area contributed by atoms with E-state index in [1.807, 2.05) is 42.5 Å². The zero-order chi connectivity index (χ0) is 15.9. The minimum atomic E-state index is 0.178. The Balaban J connectivity index is 1.72. The molecule has 0 unspecified atom stereocenters. The first-order valence-corrected chi connectivity index (χ1v) is 8.02. The largest absolute Gasteiger partial charge is 0.294 e. The molecule has 0 aromatic heterocycles. The highest BCUT2D eigenvalue weighted by Gasteiger charge is 2.09. The van der Waals surface area contributed by atoms with Gasteiger partial charge in [-0.2, -0.15) is 0 Å². The summed E-state index contributed by atoms with van der Waals surface area (Å²) >= 11 is 0. The van der Waals surface area contributed by atoms with Crippen LogP contribution in [0.25, 0.3) is 0 Å². The van der Waals surface area contributed by atoms with Crippen LogP contribution in [0.15, 0.2) is 84.9 Å². The number of carbonyl (C=O) groups is 1. The van der Waals surface area contributed by atoms with Crippen LogP contribution in [-0.4, -0.2) is 5.78 Å². The number of aryl methyl sites for hydroxylation is 2. The Morgan fingerprint density at radius 2 is 1.17 bits per heavy atom. The lowest BCUT2D eigenvalue weighted by Crippen LogP contribution is -2.06. The number of Topliss-reactive ketones (excluding diaryl/α,β-unsaturated/α-hetero) is 1. The van der Waals surface area contributed by atoms with Gasteiger partial charge in [0.2, 0.25) is 0 Å². The van der Waals surface area contributed by atoms with Crippen molar-refractivity contribution in [3.05, 3.63) is 107 Å². The molecule has 0 aliphatic heterocycles. The maximum absolute atomic E-state index is 12.4. The summed E-state index contributed by atoms with van der Waals surface area (Å²) in [6, 6.07) is 28.3. The first kappa shape index (κ1) is 15.2. The number of hydrogen-bond donors (Lipinski definition) is 0. The molecule has 0 saturated heterocycles. The van der Waals surface area contributed by atoms with Gasteiger partial charge in [-0.05, 0) is 29.5 Å². The maximum Gasteiger partial charge on any atom is 0.167 e. The Bertz CT molecular complexity index is 760. The second kappa shape index (κ2) is 7.55. The van der Waals surface area contributed by atoms with Gasteiger partial charge in [-0.15, -0.1) is 0 Å². The molecule has 3 rings (SSSR count). The van der Waals surface area contributed by atoms with Crippen molar-refractivity contribution in [2.24, 2.45) is 0 Å². The van der Waals surface area contributed by atoms with Crippen molar-refractivity contribution in [3.63, 3.8) is 0 Å². The summed E-state index contributed by atoms with van der Waals surface area (Å²) in [7, 11) is 0. The van der Waals surface area contributed by atoms with Crippen molar-refractivity contribution in [2.75, 3.05) is 0 Å². The molecule has 1 heteroatoms. The molecule has 23 heavy (non-hydrogen) atoms. The monoisotopic (exact) mass is 300 g/mol. The predicted octanol–water partition coefficient (Wildman–Crippen LogP) is 4.90. The van der Waals surface area contributed by atoms with E-state index in [0.717, 1.165) is 24.0 Å². The molecule has 0 amide bonds. The molecule has 0 N–H and O–H groups in total. The van der Waals surface area contributed by atoms with Crippen molar-refractivity contribution in [1.29, 1.82) is 0 Å². The number of hydrogen-bond acceptors (Lipinski definition) is 1. The van der Waals surface area contributed by atoms with E-state index in [-0.39, 0.29) is 5.78 Å². The summed E-state index contributed by atoms with van der Waals surface area (Å²) in [5.41, 5.74) is 4.51. The number of ketones is 1. The van der Waals surface area contributed by atoms with Gasteiger partial charge in [0.1, 0.15) is 0 Å². The van der Waals surface area contributed by atoms with Crippen LogP contribution in [0.3, 0.4) is 0 Å². The Hall–Kier alpha value is -2.67. The van der Waals surface area contributed by atoms with Gasteiger partial charge >= 0.3 is 0 Å². The van der Waals surface area contributed by atoms with Crippen molar-refractivity contribution in [2.45, 2.75) is 19.3 Å². The molecule has 0 aliphatic carbocycles. The van der Waals surface area contributed by atoms with Crippen molar-refractivity contribution in [1.82, 2.24) is 0 Å². The Morgan fingerprint density at radius 3 is 1.87 bits per heavy atom.